The first kappa shape index (κ1) is 18.2. The third-order valence-electron chi connectivity index (χ3n) is 3.41. The highest BCUT2D eigenvalue weighted by Crippen LogP contribution is 2.11. The molecular formula is C19H21N3O3. The lowest BCUT2D eigenvalue weighted by atomic mass is 10.2. The molecule has 0 aliphatic carbocycles. The van der Waals surface area contributed by atoms with Crippen LogP contribution < -0.4 is 15.5 Å². The van der Waals surface area contributed by atoms with Crippen molar-refractivity contribution < 1.29 is 14.3 Å². The number of amides is 2. The largest absolute Gasteiger partial charge is 0.497 e. The first-order valence-corrected chi connectivity index (χ1v) is 7.89. The van der Waals surface area contributed by atoms with Crippen molar-refractivity contribution in [2.45, 2.75) is 19.8 Å². The Morgan fingerprint density at radius 1 is 1.08 bits per heavy atom. The van der Waals surface area contributed by atoms with E-state index in [0.717, 1.165) is 11.1 Å². The molecule has 0 aliphatic rings. The van der Waals surface area contributed by atoms with E-state index in [2.05, 4.69) is 15.8 Å². The maximum Gasteiger partial charge on any atom is 0.240 e. The van der Waals surface area contributed by atoms with Crippen LogP contribution in [0.15, 0.2) is 53.6 Å². The van der Waals surface area contributed by atoms with Crippen molar-refractivity contribution >= 4 is 23.7 Å². The lowest BCUT2D eigenvalue weighted by Crippen LogP contribution is -2.20. The molecule has 0 heterocycles. The van der Waals surface area contributed by atoms with Crippen molar-refractivity contribution in [1.82, 2.24) is 5.43 Å². The number of carbonyl (C=O) groups is 2. The van der Waals surface area contributed by atoms with Crippen molar-refractivity contribution in [3.05, 3.63) is 59.7 Å². The molecule has 130 valence electrons. The van der Waals surface area contributed by atoms with Gasteiger partial charge in [0.15, 0.2) is 0 Å². The Morgan fingerprint density at radius 2 is 1.80 bits per heavy atom. The number of methoxy groups -OCH3 is 1. The highest BCUT2D eigenvalue weighted by molar-refractivity contribution is 5.93. The van der Waals surface area contributed by atoms with Crippen molar-refractivity contribution in [2.75, 3.05) is 12.4 Å². The van der Waals surface area contributed by atoms with Gasteiger partial charge in [-0.1, -0.05) is 29.8 Å². The SMILES string of the molecule is COc1cccc(/C=N/NC(=O)CCC(=O)Nc2ccc(C)cc2)c1. The van der Waals surface area contributed by atoms with Crippen molar-refractivity contribution in [2.24, 2.45) is 5.10 Å². The maximum atomic E-state index is 11.8. The number of carbonyl (C=O) groups excluding carboxylic acids is 2. The van der Waals surface area contributed by atoms with Gasteiger partial charge in [0.2, 0.25) is 11.8 Å². The lowest BCUT2D eigenvalue weighted by Gasteiger charge is -2.05. The summed E-state index contributed by atoms with van der Waals surface area (Å²) in [6.07, 6.45) is 1.67. The van der Waals surface area contributed by atoms with Crippen LogP contribution >= 0.6 is 0 Å². The number of ether oxygens (including phenoxy) is 1. The van der Waals surface area contributed by atoms with E-state index < -0.39 is 0 Å². The molecular weight excluding hydrogens is 318 g/mol. The maximum absolute atomic E-state index is 11.8. The number of hydrogen-bond acceptors (Lipinski definition) is 4. The van der Waals surface area contributed by atoms with Crippen molar-refractivity contribution in [1.29, 1.82) is 0 Å². The van der Waals surface area contributed by atoms with Gasteiger partial charge in [-0.25, -0.2) is 5.43 Å². The minimum absolute atomic E-state index is 0.0626. The molecule has 0 aliphatic heterocycles. The van der Waals surface area contributed by atoms with E-state index in [0.29, 0.717) is 11.4 Å². The summed E-state index contributed by atoms with van der Waals surface area (Å²) >= 11 is 0. The van der Waals surface area contributed by atoms with Gasteiger partial charge in [0.25, 0.3) is 0 Å². The smallest absolute Gasteiger partial charge is 0.240 e. The molecule has 2 aromatic carbocycles. The van der Waals surface area contributed by atoms with E-state index in [-0.39, 0.29) is 24.7 Å². The fourth-order valence-corrected chi connectivity index (χ4v) is 2.04. The molecule has 0 aromatic heterocycles. The number of benzene rings is 2. The number of hydrogen-bond donors (Lipinski definition) is 2. The third-order valence-corrected chi connectivity index (χ3v) is 3.41. The van der Waals surface area contributed by atoms with Crippen molar-refractivity contribution in [3.63, 3.8) is 0 Å². The summed E-state index contributed by atoms with van der Waals surface area (Å²) in [6.45, 7) is 1.97. The highest BCUT2D eigenvalue weighted by Gasteiger charge is 2.06. The Balaban J connectivity index is 1.73. The Hall–Kier alpha value is -3.15. The van der Waals surface area contributed by atoms with Crippen molar-refractivity contribution in [3.8, 4) is 5.75 Å². The number of anilines is 1. The molecule has 0 atom stereocenters. The van der Waals surface area contributed by atoms with Crippen LogP contribution in [0, 0.1) is 6.92 Å². The van der Waals surface area contributed by atoms with Crippen LogP contribution in [0.4, 0.5) is 5.69 Å². The second-order valence-corrected chi connectivity index (χ2v) is 5.48. The number of nitrogens with one attached hydrogen (secondary N) is 2. The van der Waals surface area contributed by atoms with E-state index in [1.165, 1.54) is 6.21 Å². The van der Waals surface area contributed by atoms with Gasteiger partial charge in [0, 0.05) is 18.5 Å². The van der Waals surface area contributed by atoms with E-state index in [4.69, 9.17) is 4.74 Å². The summed E-state index contributed by atoms with van der Waals surface area (Å²) in [4.78, 5) is 23.6. The van der Waals surface area contributed by atoms with Crippen LogP contribution in [-0.4, -0.2) is 25.1 Å². The summed E-state index contributed by atoms with van der Waals surface area (Å²) in [5.41, 5.74) is 5.04. The van der Waals surface area contributed by atoms with Crippen LogP contribution in [0.3, 0.4) is 0 Å². The normalized spacial score (nSPS) is 10.5. The van der Waals surface area contributed by atoms with E-state index in [1.807, 2.05) is 49.4 Å². The summed E-state index contributed by atoms with van der Waals surface area (Å²) in [6, 6.07) is 14.8. The molecule has 6 nitrogen and oxygen atoms in total. The zero-order chi connectivity index (χ0) is 18.1. The molecule has 2 rings (SSSR count). The van der Waals surface area contributed by atoms with Crippen LogP contribution in [0.25, 0.3) is 0 Å². The van der Waals surface area contributed by atoms with Crippen LogP contribution in [-0.2, 0) is 9.59 Å². The minimum Gasteiger partial charge on any atom is -0.497 e. The molecule has 0 saturated carbocycles. The van der Waals surface area contributed by atoms with Crippen LogP contribution in [0.1, 0.15) is 24.0 Å². The Morgan fingerprint density at radius 3 is 2.52 bits per heavy atom. The molecule has 25 heavy (non-hydrogen) atoms. The predicted octanol–water partition coefficient (Wildman–Crippen LogP) is 2.87. The zero-order valence-electron chi connectivity index (χ0n) is 14.3. The molecule has 2 N–H and O–H groups in total. The number of hydrazone groups is 1. The molecule has 2 amide bonds. The van der Waals surface area contributed by atoms with Gasteiger partial charge >= 0.3 is 0 Å². The van der Waals surface area contributed by atoms with E-state index in [1.54, 1.807) is 13.2 Å². The van der Waals surface area contributed by atoms with E-state index in [9.17, 15) is 9.59 Å². The Bertz CT molecular complexity index is 755. The van der Waals surface area contributed by atoms with Gasteiger partial charge in [0.1, 0.15) is 5.75 Å². The minimum atomic E-state index is -0.321. The van der Waals surface area contributed by atoms with Gasteiger partial charge in [-0.15, -0.1) is 0 Å². The average molecular weight is 339 g/mol. The molecule has 2 aromatic rings. The van der Waals surface area contributed by atoms with E-state index >= 15 is 0 Å². The zero-order valence-corrected chi connectivity index (χ0v) is 14.3. The predicted molar refractivity (Wildman–Crippen MR) is 97.8 cm³/mol. The van der Waals surface area contributed by atoms with Gasteiger partial charge < -0.3 is 10.1 Å². The Labute approximate surface area is 146 Å². The average Bonchev–Trinajstić information content (AvgIpc) is 2.62. The first-order valence-electron chi connectivity index (χ1n) is 7.89. The highest BCUT2D eigenvalue weighted by atomic mass is 16.5. The molecule has 0 unspecified atom stereocenters. The first-order chi connectivity index (χ1) is 12.1. The molecule has 0 radical (unpaired) electrons. The summed E-state index contributed by atoms with van der Waals surface area (Å²) in [5, 5.41) is 6.62. The second-order valence-electron chi connectivity index (χ2n) is 5.48. The summed E-state index contributed by atoms with van der Waals surface area (Å²) in [5.74, 6) is 0.178. The molecule has 0 fully saturated rings. The molecule has 0 saturated heterocycles. The number of nitrogens with zero attached hydrogens (tertiary/aromatic N) is 1. The molecule has 6 heteroatoms. The number of aryl methyl sites for hydroxylation is 1. The quantitative estimate of drug-likeness (QED) is 0.601. The third kappa shape index (κ3) is 6.47. The van der Waals surface area contributed by atoms with Gasteiger partial charge in [-0.2, -0.15) is 5.10 Å². The van der Waals surface area contributed by atoms with Crippen LogP contribution in [0.5, 0.6) is 5.75 Å². The standard InChI is InChI=1S/C19H21N3O3/c1-14-6-8-16(9-7-14)21-18(23)10-11-19(24)22-20-13-15-4-3-5-17(12-15)25-2/h3-9,12-13H,10-11H2,1-2H3,(H,21,23)(H,22,24)/b20-13+. The van der Waals surface area contributed by atoms with Gasteiger partial charge in [-0.05, 0) is 36.8 Å². The molecule has 0 spiro atoms. The summed E-state index contributed by atoms with van der Waals surface area (Å²) < 4.78 is 5.11. The monoisotopic (exact) mass is 339 g/mol. The fraction of sp³-hybridized carbons (Fsp3) is 0.211. The van der Waals surface area contributed by atoms with Crippen LogP contribution in [0.2, 0.25) is 0 Å². The topological polar surface area (TPSA) is 79.8 Å². The van der Waals surface area contributed by atoms with Gasteiger partial charge in [0.05, 0.1) is 13.3 Å². The Kier molecular flexibility index (Phi) is 6.71. The number of rotatable bonds is 7. The second kappa shape index (κ2) is 9.22. The van der Waals surface area contributed by atoms with Gasteiger partial charge in [-0.3, -0.25) is 9.59 Å². The lowest BCUT2D eigenvalue weighted by molar-refractivity contribution is -0.124. The molecule has 0 bridgehead atoms. The fourth-order valence-electron chi connectivity index (χ4n) is 2.04. The summed E-state index contributed by atoms with van der Waals surface area (Å²) in [7, 11) is 1.58.